The van der Waals surface area contributed by atoms with Crippen molar-refractivity contribution in [2.75, 3.05) is 20.1 Å². The molecule has 9 heteroatoms. The van der Waals surface area contributed by atoms with Gasteiger partial charge in [-0.3, -0.25) is 9.59 Å². The molecule has 3 aromatic rings. The van der Waals surface area contributed by atoms with E-state index in [1.165, 1.54) is 11.4 Å². The average Bonchev–Trinajstić information content (AvgIpc) is 2.94. The van der Waals surface area contributed by atoms with Gasteiger partial charge in [-0.1, -0.05) is 90.4 Å². The summed E-state index contributed by atoms with van der Waals surface area (Å²) < 4.78 is 28.0. The molecule has 0 spiro atoms. The third-order valence-electron chi connectivity index (χ3n) is 6.51. The van der Waals surface area contributed by atoms with E-state index in [4.69, 9.17) is 0 Å². The van der Waals surface area contributed by atoms with Crippen LogP contribution in [0, 0.1) is 5.92 Å². The molecule has 0 aliphatic heterocycles. The first kappa shape index (κ1) is 31.5. The quantitative estimate of drug-likeness (QED) is 0.264. The summed E-state index contributed by atoms with van der Waals surface area (Å²) in [6.07, 6.45) is 0.792. The lowest BCUT2D eigenvalue weighted by molar-refractivity contribution is -0.141. The van der Waals surface area contributed by atoms with Crippen molar-refractivity contribution >= 4 is 37.8 Å². The monoisotopic (exact) mass is 627 g/mol. The number of carbonyl (C=O) groups excluding carboxylic acids is 2. The number of hydrogen-bond acceptors (Lipinski definition) is 4. The summed E-state index contributed by atoms with van der Waals surface area (Å²) in [7, 11) is -2.14. The Morgan fingerprint density at radius 1 is 0.900 bits per heavy atom. The van der Waals surface area contributed by atoms with Gasteiger partial charge in [0.1, 0.15) is 6.04 Å². The Kier molecular flexibility index (Phi) is 11.9. The number of benzene rings is 3. The minimum Gasteiger partial charge on any atom is -0.354 e. The van der Waals surface area contributed by atoms with Crippen molar-refractivity contribution in [2.24, 2.45) is 5.92 Å². The van der Waals surface area contributed by atoms with Crippen molar-refractivity contribution < 1.29 is 18.0 Å². The number of hydrogen-bond donors (Lipinski definition) is 1. The van der Waals surface area contributed by atoms with Crippen LogP contribution in [0.2, 0.25) is 0 Å². The highest BCUT2D eigenvalue weighted by Gasteiger charge is 2.30. The smallest absolute Gasteiger partial charge is 0.243 e. The number of amides is 2. The van der Waals surface area contributed by atoms with Crippen LogP contribution in [0.25, 0.3) is 0 Å². The van der Waals surface area contributed by atoms with Gasteiger partial charge < -0.3 is 10.2 Å². The predicted octanol–water partition coefficient (Wildman–Crippen LogP) is 5.26. The molecule has 0 aromatic heterocycles. The molecule has 7 nitrogen and oxygen atoms in total. The van der Waals surface area contributed by atoms with Gasteiger partial charge in [-0.05, 0) is 47.7 Å². The normalized spacial score (nSPS) is 12.3. The summed E-state index contributed by atoms with van der Waals surface area (Å²) >= 11 is 3.50. The van der Waals surface area contributed by atoms with Gasteiger partial charge >= 0.3 is 0 Å². The van der Waals surface area contributed by atoms with E-state index >= 15 is 0 Å². The predicted molar refractivity (Wildman–Crippen MR) is 162 cm³/mol. The summed E-state index contributed by atoms with van der Waals surface area (Å²) in [5, 5.41) is 3.02. The molecule has 1 N–H and O–H groups in total. The molecule has 3 rings (SSSR count). The first-order chi connectivity index (χ1) is 19.1. The van der Waals surface area contributed by atoms with Gasteiger partial charge in [0.05, 0.1) is 4.90 Å². The fraction of sp³-hybridized carbons (Fsp3) is 0.355. The van der Waals surface area contributed by atoms with E-state index in [0.29, 0.717) is 19.4 Å². The van der Waals surface area contributed by atoms with Gasteiger partial charge in [-0.15, -0.1) is 0 Å². The van der Waals surface area contributed by atoms with Crippen LogP contribution in [0.1, 0.15) is 37.8 Å². The van der Waals surface area contributed by atoms with Crippen LogP contribution in [-0.2, 0) is 32.6 Å². The van der Waals surface area contributed by atoms with Crippen LogP contribution in [0.5, 0.6) is 0 Å². The van der Waals surface area contributed by atoms with E-state index < -0.39 is 16.1 Å². The van der Waals surface area contributed by atoms with Crippen LogP contribution >= 0.6 is 15.9 Å². The van der Waals surface area contributed by atoms with Gasteiger partial charge in [0.15, 0.2) is 0 Å². The number of nitrogens with zero attached hydrogens (tertiary/aromatic N) is 2. The lowest BCUT2D eigenvalue weighted by atomic mass is 10.0. The number of rotatable bonds is 14. The van der Waals surface area contributed by atoms with Crippen molar-refractivity contribution in [3.63, 3.8) is 0 Å². The number of halogens is 1. The molecule has 3 aromatic carbocycles. The number of nitrogens with one attached hydrogen (secondary N) is 1. The van der Waals surface area contributed by atoms with E-state index in [-0.39, 0.29) is 42.1 Å². The fourth-order valence-corrected chi connectivity index (χ4v) is 5.97. The van der Waals surface area contributed by atoms with E-state index in [2.05, 4.69) is 21.2 Å². The lowest BCUT2D eigenvalue weighted by Gasteiger charge is -2.32. The Hall–Kier alpha value is -3.01. The van der Waals surface area contributed by atoms with Crippen molar-refractivity contribution in [3.05, 3.63) is 101 Å². The van der Waals surface area contributed by atoms with E-state index in [1.807, 2.05) is 68.4 Å². The van der Waals surface area contributed by atoms with Gasteiger partial charge in [0, 0.05) is 44.0 Å². The molecule has 1 atom stereocenters. The zero-order valence-electron chi connectivity index (χ0n) is 23.3. The van der Waals surface area contributed by atoms with Gasteiger partial charge in [-0.2, -0.15) is 0 Å². The van der Waals surface area contributed by atoms with Crippen molar-refractivity contribution in [2.45, 2.75) is 50.6 Å². The Balaban J connectivity index is 1.82. The molecule has 0 fully saturated rings. The second-order valence-electron chi connectivity index (χ2n) is 10.2. The second kappa shape index (κ2) is 15.1. The molecule has 0 bridgehead atoms. The Bertz CT molecular complexity index is 1350. The third kappa shape index (κ3) is 9.28. The van der Waals surface area contributed by atoms with Crippen LogP contribution in [-0.4, -0.2) is 55.6 Å². The molecule has 40 heavy (non-hydrogen) atoms. The Morgan fingerprint density at radius 3 is 2.15 bits per heavy atom. The van der Waals surface area contributed by atoms with E-state index in [9.17, 15) is 18.0 Å². The topological polar surface area (TPSA) is 86.8 Å². The van der Waals surface area contributed by atoms with Gasteiger partial charge in [0.2, 0.25) is 21.8 Å². The maximum Gasteiger partial charge on any atom is 0.243 e. The highest BCUT2D eigenvalue weighted by Crippen LogP contribution is 2.20. The molecule has 0 aliphatic rings. The summed E-state index contributed by atoms with van der Waals surface area (Å²) in [4.78, 5) is 29.1. The molecule has 0 saturated heterocycles. The fourth-order valence-electron chi connectivity index (χ4n) is 4.30. The molecule has 214 valence electrons. The maximum atomic E-state index is 13.8. The van der Waals surface area contributed by atoms with Crippen LogP contribution < -0.4 is 5.32 Å². The highest BCUT2D eigenvalue weighted by molar-refractivity contribution is 9.10. The lowest BCUT2D eigenvalue weighted by Crippen LogP contribution is -2.51. The zero-order chi connectivity index (χ0) is 29.1. The highest BCUT2D eigenvalue weighted by atomic mass is 79.9. The van der Waals surface area contributed by atoms with Gasteiger partial charge in [0.25, 0.3) is 0 Å². The largest absolute Gasteiger partial charge is 0.354 e. The summed E-state index contributed by atoms with van der Waals surface area (Å²) in [6, 6.07) is 24.9. The summed E-state index contributed by atoms with van der Waals surface area (Å²) in [5.74, 6) is -0.145. The summed E-state index contributed by atoms with van der Waals surface area (Å²) in [6.45, 7) is 4.98. The van der Waals surface area contributed by atoms with Crippen molar-refractivity contribution in [3.8, 4) is 0 Å². The molecule has 0 radical (unpaired) electrons. The molecule has 0 aliphatic carbocycles. The molecule has 2 amide bonds. The Morgan fingerprint density at radius 2 is 1.52 bits per heavy atom. The van der Waals surface area contributed by atoms with Gasteiger partial charge in [-0.25, -0.2) is 12.7 Å². The molecular formula is C31H38BrN3O4S. The molecule has 1 unspecified atom stereocenters. The third-order valence-corrected chi connectivity index (χ3v) is 8.88. The Labute approximate surface area is 246 Å². The average molecular weight is 629 g/mol. The van der Waals surface area contributed by atoms with Crippen LogP contribution in [0.3, 0.4) is 0 Å². The van der Waals surface area contributed by atoms with Crippen molar-refractivity contribution in [1.29, 1.82) is 0 Å². The van der Waals surface area contributed by atoms with Crippen LogP contribution in [0.15, 0.2) is 94.3 Å². The second-order valence-corrected chi connectivity index (χ2v) is 13.2. The zero-order valence-corrected chi connectivity index (χ0v) is 25.7. The SMILES string of the molecule is CC(C)CNC(=O)C(Cc1ccccc1)N(Cc1cccc(Br)c1)C(=O)CCCN(C)S(=O)(=O)c1ccccc1. The molecule has 0 saturated carbocycles. The minimum absolute atomic E-state index is 0.103. The van der Waals surface area contributed by atoms with E-state index in [0.717, 1.165) is 15.6 Å². The molecular weight excluding hydrogens is 590 g/mol. The standard InChI is InChI=1S/C31H38BrN3O4S/c1-24(2)22-33-31(37)29(21-25-12-6-4-7-13-25)35(23-26-14-10-15-27(32)20-26)30(36)18-11-19-34(3)40(38,39)28-16-8-5-9-17-28/h4-10,12-17,20,24,29H,11,18-19,21-23H2,1-3H3,(H,33,37). The molecule has 0 heterocycles. The summed E-state index contributed by atoms with van der Waals surface area (Å²) in [5.41, 5.74) is 1.84. The van der Waals surface area contributed by atoms with Crippen LogP contribution in [0.4, 0.5) is 0 Å². The van der Waals surface area contributed by atoms with Crippen molar-refractivity contribution in [1.82, 2.24) is 14.5 Å². The first-order valence-corrected chi connectivity index (χ1v) is 15.7. The number of carbonyl (C=O) groups is 2. The number of sulfonamides is 1. The minimum atomic E-state index is -3.66. The first-order valence-electron chi connectivity index (χ1n) is 13.4. The maximum absolute atomic E-state index is 13.8. The van der Waals surface area contributed by atoms with E-state index in [1.54, 1.807) is 35.2 Å².